The quantitative estimate of drug-likeness (QED) is 0.251. The molecule has 2 heterocycles. The summed E-state index contributed by atoms with van der Waals surface area (Å²) in [6, 6.07) is 18.2. The van der Waals surface area contributed by atoms with Crippen LogP contribution in [0.5, 0.6) is 5.75 Å². The van der Waals surface area contributed by atoms with Crippen LogP contribution >= 0.6 is 23.2 Å². The first-order valence-electron chi connectivity index (χ1n) is 15.2. The van der Waals surface area contributed by atoms with Crippen molar-refractivity contribution >= 4 is 79.7 Å². The van der Waals surface area contributed by atoms with Crippen molar-refractivity contribution in [1.29, 1.82) is 0 Å². The van der Waals surface area contributed by atoms with E-state index in [1.165, 1.54) is 19.2 Å². The van der Waals surface area contributed by atoms with Crippen molar-refractivity contribution in [2.75, 3.05) is 51.1 Å². The fourth-order valence-corrected chi connectivity index (χ4v) is 6.54. The third kappa shape index (κ3) is 9.79. The molecule has 3 amide bonds. The zero-order chi connectivity index (χ0) is 35.6. The zero-order valence-electron chi connectivity index (χ0n) is 27.1. The van der Waals surface area contributed by atoms with Gasteiger partial charge < -0.3 is 20.1 Å². The summed E-state index contributed by atoms with van der Waals surface area (Å²) in [4.78, 5) is 47.0. The molecule has 0 unspecified atom stereocenters. The normalized spacial score (nSPS) is 14.8. The number of hydrogen-bond donors (Lipinski definition) is 2. The molecule has 0 fully saturated rings. The van der Waals surface area contributed by atoms with E-state index in [2.05, 4.69) is 20.6 Å². The Kier molecular flexibility index (Phi) is 13.1. The highest BCUT2D eigenvalue weighted by Crippen LogP contribution is 2.32. The lowest BCUT2D eigenvalue weighted by molar-refractivity contribution is -0.128. The maximum absolute atomic E-state index is 12.5. The number of aliphatic imine (C=N–C) groups is 2. The molecule has 2 aliphatic rings. The Morgan fingerprint density at radius 3 is 2.33 bits per heavy atom. The van der Waals surface area contributed by atoms with Gasteiger partial charge in [-0.2, -0.15) is 0 Å². The number of benzene rings is 3. The molecule has 0 radical (unpaired) electrons. The lowest BCUT2D eigenvalue weighted by atomic mass is 10.2. The van der Waals surface area contributed by atoms with Gasteiger partial charge in [-0.15, -0.1) is 0 Å². The molecular formula is C33H36Cl2N6O7S. The van der Waals surface area contributed by atoms with Crippen LogP contribution in [0.25, 0.3) is 0 Å². The van der Waals surface area contributed by atoms with E-state index in [1.807, 2.05) is 19.1 Å². The van der Waals surface area contributed by atoms with Crippen LogP contribution in [0.2, 0.25) is 10.0 Å². The zero-order valence-corrected chi connectivity index (χ0v) is 29.4. The number of sulfonamides is 1. The second-order valence-corrected chi connectivity index (χ2v) is 13.3. The number of amides is 3. The molecule has 2 N–H and O–H groups in total. The highest BCUT2D eigenvalue weighted by Gasteiger charge is 2.32. The van der Waals surface area contributed by atoms with Crippen LogP contribution in [-0.4, -0.2) is 87.5 Å². The summed E-state index contributed by atoms with van der Waals surface area (Å²) in [6.45, 7) is 3.74. The first-order valence-corrected chi connectivity index (χ1v) is 17.4. The highest BCUT2D eigenvalue weighted by molar-refractivity contribution is 7.90. The van der Waals surface area contributed by atoms with Gasteiger partial charge in [0.1, 0.15) is 22.3 Å². The smallest absolute Gasteiger partial charge is 0.267 e. The summed E-state index contributed by atoms with van der Waals surface area (Å²) in [5.74, 6) is 0.490. The Bertz CT molecular complexity index is 1870. The van der Waals surface area contributed by atoms with E-state index in [4.69, 9.17) is 32.7 Å². The molecule has 0 aromatic heterocycles. The Morgan fingerprint density at radius 1 is 0.939 bits per heavy atom. The van der Waals surface area contributed by atoms with Crippen LogP contribution in [0.1, 0.15) is 26.2 Å². The van der Waals surface area contributed by atoms with Gasteiger partial charge in [-0.3, -0.25) is 28.6 Å². The molecule has 0 atom stereocenters. The summed E-state index contributed by atoms with van der Waals surface area (Å²) < 4.78 is 36.6. The molecular weight excluding hydrogens is 695 g/mol. The first-order chi connectivity index (χ1) is 23.4. The second-order valence-electron chi connectivity index (χ2n) is 10.5. The minimum Gasteiger partial charge on any atom is -0.495 e. The van der Waals surface area contributed by atoms with Crippen molar-refractivity contribution in [2.24, 2.45) is 9.98 Å². The van der Waals surface area contributed by atoms with Gasteiger partial charge in [0.2, 0.25) is 17.7 Å². The number of nitrogens with zero attached hydrogens (tertiary/aromatic N) is 4. The number of rotatable bonds is 11. The summed E-state index contributed by atoms with van der Waals surface area (Å²) >= 11 is 11.8. The molecule has 49 heavy (non-hydrogen) atoms. The fourth-order valence-electron chi connectivity index (χ4n) is 4.78. The van der Waals surface area contributed by atoms with Crippen molar-refractivity contribution in [1.82, 2.24) is 9.21 Å². The van der Waals surface area contributed by atoms with Crippen LogP contribution in [0.15, 0.2) is 81.6 Å². The Hall–Kier alpha value is -4.50. The van der Waals surface area contributed by atoms with Gasteiger partial charge in [0.25, 0.3) is 10.0 Å². The van der Waals surface area contributed by atoms with Gasteiger partial charge in [-0.25, -0.2) is 13.4 Å². The maximum Gasteiger partial charge on any atom is 0.267 e. The summed E-state index contributed by atoms with van der Waals surface area (Å²) in [7, 11) is -0.809. The van der Waals surface area contributed by atoms with Crippen LogP contribution < -0.4 is 15.4 Å². The highest BCUT2D eigenvalue weighted by atomic mass is 35.5. The molecule has 0 bridgehead atoms. The molecule has 0 saturated carbocycles. The van der Waals surface area contributed by atoms with Crippen LogP contribution in [0, 0.1) is 0 Å². The number of carbonyl (C=O) groups excluding carboxylic acids is 3. The monoisotopic (exact) mass is 730 g/mol. The molecule has 3 aromatic carbocycles. The van der Waals surface area contributed by atoms with E-state index in [1.54, 1.807) is 54.5 Å². The van der Waals surface area contributed by atoms with Gasteiger partial charge in [0, 0.05) is 31.6 Å². The van der Waals surface area contributed by atoms with E-state index >= 15 is 0 Å². The van der Waals surface area contributed by atoms with Gasteiger partial charge in [0.05, 0.1) is 55.2 Å². The summed E-state index contributed by atoms with van der Waals surface area (Å²) in [6.07, 6.45) is 0.183. The van der Waals surface area contributed by atoms with E-state index < -0.39 is 15.9 Å². The minimum atomic E-state index is -3.72. The largest absolute Gasteiger partial charge is 0.495 e. The van der Waals surface area contributed by atoms with Crippen molar-refractivity contribution in [3.05, 3.63) is 76.8 Å². The molecule has 0 aliphatic carbocycles. The Labute approximate surface area is 295 Å². The number of methoxy groups -OCH3 is 1. The van der Waals surface area contributed by atoms with Gasteiger partial charge >= 0.3 is 0 Å². The number of carbonyl (C=O) groups is 3. The van der Waals surface area contributed by atoms with Crippen molar-refractivity contribution in [2.45, 2.75) is 31.1 Å². The molecule has 5 rings (SSSR count). The van der Waals surface area contributed by atoms with E-state index in [0.717, 1.165) is 4.31 Å². The van der Waals surface area contributed by atoms with Crippen molar-refractivity contribution in [3.8, 4) is 5.75 Å². The molecule has 13 nitrogen and oxygen atoms in total. The number of amidine groups is 2. The third-order valence-corrected chi connectivity index (χ3v) is 9.62. The SMILES string of the molecule is CCOCCN1C(=O)CCN=C1CC(=O)Nc1ccccc1OC.CN1C(CC(=O)Nc2ccc(Cl)cc2Cl)=Nc2ccccc2S1(=O)=O. The maximum atomic E-state index is 12.5. The fraction of sp³-hybridized carbons (Fsp3) is 0.303. The van der Waals surface area contributed by atoms with Gasteiger partial charge in [-0.1, -0.05) is 47.5 Å². The average molecular weight is 732 g/mol. The summed E-state index contributed by atoms with van der Waals surface area (Å²) in [5, 5.41) is 6.16. The van der Waals surface area contributed by atoms with E-state index in [0.29, 0.717) is 66.4 Å². The number of para-hydroxylation sites is 3. The second kappa shape index (κ2) is 17.2. The Morgan fingerprint density at radius 2 is 1.61 bits per heavy atom. The van der Waals surface area contributed by atoms with E-state index in [9.17, 15) is 22.8 Å². The Balaban J connectivity index is 0.000000221. The topological polar surface area (TPSA) is 159 Å². The molecule has 0 saturated heterocycles. The van der Waals surface area contributed by atoms with E-state index in [-0.39, 0.29) is 40.4 Å². The number of nitrogens with one attached hydrogen (secondary N) is 2. The van der Waals surface area contributed by atoms with Crippen LogP contribution in [0.3, 0.4) is 0 Å². The standard InChI is InChI=1S/C17H23N3O4.C16H13Cl2N3O3S/c1-3-24-11-10-20-15(18-9-8-17(20)22)12-16(21)19-13-6-4-5-7-14(13)23-2;1-21-15(19-13-4-2-3-5-14(13)25(21,23)24)9-16(22)20-12-7-6-10(17)8-11(12)18/h4-7H,3,8-12H2,1-2H3,(H,19,21);2-8H,9H2,1H3,(H,20,22). The molecule has 0 spiro atoms. The third-order valence-electron chi connectivity index (χ3n) is 7.24. The molecule has 16 heteroatoms. The van der Waals surface area contributed by atoms with Crippen LogP contribution in [-0.2, 0) is 29.1 Å². The number of ether oxygens (including phenoxy) is 2. The molecule has 2 aliphatic heterocycles. The first kappa shape index (κ1) is 37.3. The predicted octanol–water partition coefficient (Wildman–Crippen LogP) is 5.38. The lowest BCUT2D eigenvalue weighted by Gasteiger charge is -2.27. The number of fused-ring (bicyclic) bond motifs is 1. The number of hydrogen-bond acceptors (Lipinski definition) is 9. The van der Waals surface area contributed by atoms with Crippen molar-refractivity contribution < 1.29 is 32.3 Å². The molecule has 260 valence electrons. The van der Waals surface area contributed by atoms with Crippen molar-refractivity contribution in [3.63, 3.8) is 0 Å². The lowest BCUT2D eigenvalue weighted by Crippen LogP contribution is -2.43. The molecule has 3 aromatic rings. The predicted molar refractivity (Wildman–Crippen MR) is 190 cm³/mol. The van der Waals surface area contributed by atoms with Gasteiger partial charge in [0.15, 0.2) is 0 Å². The summed E-state index contributed by atoms with van der Waals surface area (Å²) in [5.41, 5.74) is 1.29. The number of halogens is 2. The average Bonchev–Trinajstić information content (AvgIpc) is 3.07. The van der Waals surface area contributed by atoms with Crippen LogP contribution in [0.4, 0.5) is 17.1 Å². The minimum absolute atomic E-state index is 0.0233. The van der Waals surface area contributed by atoms with Gasteiger partial charge in [-0.05, 0) is 49.4 Å². The number of anilines is 2.